The number of sulfonamides is 1. The molecule has 4 aliphatic heterocycles. The summed E-state index contributed by atoms with van der Waals surface area (Å²) in [5.74, 6) is -2.89. The molecule has 2 saturated heterocycles. The molecule has 2 saturated carbocycles. The van der Waals surface area contributed by atoms with E-state index in [1.807, 2.05) is 12.2 Å². The Bertz CT molecular complexity index is 1730. The minimum Gasteiger partial charge on any atom is -0.444 e. The number of carbonyl (C=O) groups excluding carboxylic acids is 5. The van der Waals surface area contributed by atoms with Gasteiger partial charge < -0.3 is 25.2 Å². The number of hydrogen-bond acceptors (Lipinski definition) is 8. The predicted octanol–water partition coefficient (Wildman–Crippen LogP) is 2.43. The summed E-state index contributed by atoms with van der Waals surface area (Å²) in [5.41, 5.74) is -0.467. The monoisotopic (exact) mass is 728 g/mol. The van der Waals surface area contributed by atoms with Crippen molar-refractivity contribution in [3.05, 3.63) is 47.3 Å². The van der Waals surface area contributed by atoms with E-state index in [1.54, 1.807) is 17.0 Å². The van der Waals surface area contributed by atoms with Gasteiger partial charge in [-0.05, 0) is 63.0 Å². The largest absolute Gasteiger partial charge is 0.444 e. The molecule has 3 N–H and O–H groups in total. The molecule has 0 unspecified atom stereocenters. The van der Waals surface area contributed by atoms with Gasteiger partial charge in [-0.3, -0.25) is 24.0 Å². The number of halogens is 1. The first-order valence-corrected chi connectivity index (χ1v) is 19.6. The van der Waals surface area contributed by atoms with E-state index >= 15 is 0 Å². The highest BCUT2D eigenvalue weighted by Gasteiger charge is 2.62. The normalized spacial score (nSPS) is 29.6. The van der Waals surface area contributed by atoms with Crippen LogP contribution in [0.2, 0.25) is 0 Å². The smallest absolute Gasteiger partial charge is 0.410 e. The second kappa shape index (κ2) is 14.1. The summed E-state index contributed by atoms with van der Waals surface area (Å²) >= 11 is 0. The minimum absolute atomic E-state index is 0.0149. The van der Waals surface area contributed by atoms with Crippen molar-refractivity contribution < 1.29 is 41.5 Å². The summed E-state index contributed by atoms with van der Waals surface area (Å²) in [5, 5.41) is 5.06. The highest BCUT2D eigenvalue weighted by Crippen LogP contribution is 2.46. The molecule has 1 aromatic rings. The maximum Gasteiger partial charge on any atom is 0.410 e. The van der Waals surface area contributed by atoms with Gasteiger partial charge in [0.25, 0.3) is 5.91 Å². The molecule has 16 heteroatoms. The van der Waals surface area contributed by atoms with Crippen LogP contribution in [-0.2, 0) is 42.2 Å². The molecule has 0 spiro atoms. The van der Waals surface area contributed by atoms with Gasteiger partial charge in [0.05, 0.1) is 18.3 Å². The lowest BCUT2D eigenvalue weighted by atomic mass is 10.0. The number of rotatable bonds is 5. The highest BCUT2D eigenvalue weighted by atomic mass is 32.2. The Balaban J connectivity index is 1.13. The van der Waals surface area contributed by atoms with E-state index in [4.69, 9.17) is 4.74 Å². The van der Waals surface area contributed by atoms with Crippen molar-refractivity contribution >= 4 is 39.9 Å². The van der Waals surface area contributed by atoms with Gasteiger partial charge in [-0.1, -0.05) is 37.1 Å². The van der Waals surface area contributed by atoms with Gasteiger partial charge in [0.2, 0.25) is 21.8 Å². The van der Waals surface area contributed by atoms with Crippen LogP contribution < -0.4 is 15.4 Å². The van der Waals surface area contributed by atoms with E-state index in [1.165, 1.54) is 15.9 Å². The molecule has 0 aromatic heterocycles. The van der Waals surface area contributed by atoms with Gasteiger partial charge in [0.1, 0.15) is 29.5 Å². The van der Waals surface area contributed by atoms with Crippen LogP contribution in [-0.4, -0.2) is 102 Å². The predicted molar refractivity (Wildman–Crippen MR) is 180 cm³/mol. The first-order valence-electron chi connectivity index (χ1n) is 18.1. The van der Waals surface area contributed by atoms with Gasteiger partial charge in [0.15, 0.2) is 0 Å². The van der Waals surface area contributed by atoms with Crippen molar-refractivity contribution in [1.29, 1.82) is 0 Å². The molecule has 4 heterocycles. The molecule has 6 amide bonds. The molecule has 7 rings (SSSR count). The van der Waals surface area contributed by atoms with Gasteiger partial charge >= 0.3 is 12.1 Å². The first-order chi connectivity index (χ1) is 24.4. The maximum absolute atomic E-state index is 14.4. The van der Waals surface area contributed by atoms with Crippen LogP contribution in [0, 0.1) is 11.7 Å². The van der Waals surface area contributed by atoms with E-state index in [0.717, 1.165) is 25.7 Å². The summed E-state index contributed by atoms with van der Waals surface area (Å²) in [4.78, 5) is 73.0. The fourth-order valence-corrected chi connectivity index (χ4v) is 9.10. The van der Waals surface area contributed by atoms with E-state index in [9.17, 15) is 36.8 Å². The Morgan fingerprint density at radius 2 is 1.76 bits per heavy atom. The average molecular weight is 729 g/mol. The van der Waals surface area contributed by atoms with Gasteiger partial charge in [-0.2, -0.15) is 0 Å². The lowest BCUT2D eigenvalue weighted by molar-refractivity contribution is -0.141. The number of urea groups is 1. The number of fused-ring (bicyclic) bond motifs is 3. The van der Waals surface area contributed by atoms with Crippen LogP contribution in [0.4, 0.5) is 14.0 Å². The summed E-state index contributed by atoms with van der Waals surface area (Å²) in [6, 6.07) is 2.14. The van der Waals surface area contributed by atoms with Crippen molar-refractivity contribution in [2.24, 2.45) is 5.92 Å². The van der Waals surface area contributed by atoms with Crippen LogP contribution in [0.1, 0.15) is 81.8 Å². The second-order valence-corrected chi connectivity index (χ2v) is 16.7. The van der Waals surface area contributed by atoms with Crippen LogP contribution >= 0.6 is 0 Å². The molecule has 14 nitrogen and oxygen atoms in total. The number of nitrogens with one attached hydrogen (secondary N) is 3. The quantitative estimate of drug-likeness (QED) is 0.388. The van der Waals surface area contributed by atoms with E-state index < -0.39 is 74.5 Å². The van der Waals surface area contributed by atoms with Crippen LogP contribution in [0.25, 0.3) is 0 Å². The molecular formula is C35H45FN6O8S. The number of carbonyl (C=O) groups is 5. The zero-order chi connectivity index (χ0) is 35.9. The fraction of sp³-hybridized carbons (Fsp3) is 0.629. The Morgan fingerprint density at radius 1 is 0.980 bits per heavy atom. The van der Waals surface area contributed by atoms with Crippen LogP contribution in [0.15, 0.2) is 30.4 Å². The standard InChI is InChI=1S/C35H45FN6O8S/c36-27-11-8-9-22-19-41(21-26(22)27)34(47)50-24-17-29-30(43)38-35(32(45)39-51(48,49)25-13-14-25)18-23(35)10-4-2-1-3-5-12-28(31(44)42(29)20-24)37-33(46)40-15-6-7-16-40/h4,8-11,23-25,28-29H,1-3,5-7,12-21H2,(H,37,46)(H,38,43)(H,39,45)/t23-,24-,28+,29+,35-/m1/s1. The Morgan fingerprint density at radius 3 is 2.51 bits per heavy atom. The van der Waals surface area contributed by atoms with Gasteiger partial charge in [-0.15, -0.1) is 0 Å². The number of nitrogens with zero attached hydrogens (tertiary/aromatic N) is 3. The Labute approximate surface area is 296 Å². The Kier molecular flexibility index (Phi) is 9.71. The Hall–Kier alpha value is -4.21. The van der Waals surface area contributed by atoms with Gasteiger partial charge in [-0.25, -0.2) is 22.4 Å². The van der Waals surface area contributed by atoms with Crippen molar-refractivity contribution in [3.63, 3.8) is 0 Å². The molecule has 5 atom stereocenters. The molecule has 2 aliphatic carbocycles. The number of allylic oxidation sites excluding steroid dienone is 1. The van der Waals surface area contributed by atoms with E-state index in [2.05, 4.69) is 15.4 Å². The highest BCUT2D eigenvalue weighted by molar-refractivity contribution is 7.91. The summed E-state index contributed by atoms with van der Waals surface area (Å²) in [6.45, 7) is 1.18. The molecule has 51 heavy (non-hydrogen) atoms. The van der Waals surface area contributed by atoms with Crippen LogP contribution in [0.3, 0.4) is 0 Å². The van der Waals surface area contributed by atoms with Crippen molar-refractivity contribution in [2.75, 3.05) is 19.6 Å². The minimum atomic E-state index is -3.90. The van der Waals surface area contributed by atoms with Crippen molar-refractivity contribution in [2.45, 2.75) is 113 Å². The summed E-state index contributed by atoms with van der Waals surface area (Å²) in [7, 11) is -3.90. The third-order valence-electron chi connectivity index (χ3n) is 11.0. The second-order valence-electron chi connectivity index (χ2n) is 14.7. The topological polar surface area (TPSA) is 175 Å². The fourth-order valence-electron chi connectivity index (χ4n) is 7.74. The third-order valence-corrected chi connectivity index (χ3v) is 12.8. The average Bonchev–Trinajstić information content (AvgIpc) is 3.85. The third kappa shape index (κ3) is 7.42. The lowest BCUT2D eigenvalue weighted by Gasteiger charge is -2.30. The number of amides is 6. The van der Waals surface area contributed by atoms with Crippen LogP contribution in [0.5, 0.6) is 0 Å². The molecule has 0 bridgehead atoms. The molecule has 4 fully saturated rings. The number of likely N-dealkylation sites (tertiary alicyclic amines) is 1. The lowest BCUT2D eigenvalue weighted by Crippen LogP contribution is -2.58. The molecule has 0 radical (unpaired) electrons. The summed E-state index contributed by atoms with van der Waals surface area (Å²) < 4.78 is 47.9. The SMILES string of the molecule is O=C1N[C@]2(C(=O)NS(=O)(=O)C3CC3)C[C@H]2C=CCCCCC[C@H](NC(=O)N2CCCC2)C(=O)N2C[C@H](OC(=O)N3Cc4cccc(F)c4C3)C[C@@H]12. The molecule has 6 aliphatic rings. The number of ether oxygens (including phenoxy) is 1. The number of benzene rings is 1. The molecular weight excluding hydrogens is 683 g/mol. The molecule has 1 aromatic carbocycles. The van der Waals surface area contributed by atoms with Gasteiger partial charge in [0, 0.05) is 37.5 Å². The van der Waals surface area contributed by atoms with E-state index in [0.29, 0.717) is 56.3 Å². The van der Waals surface area contributed by atoms with Crippen molar-refractivity contribution in [1.82, 2.24) is 30.1 Å². The maximum atomic E-state index is 14.4. The van der Waals surface area contributed by atoms with Crippen molar-refractivity contribution in [3.8, 4) is 0 Å². The zero-order valence-corrected chi connectivity index (χ0v) is 29.3. The van der Waals surface area contributed by atoms with E-state index in [-0.39, 0.29) is 38.5 Å². The summed E-state index contributed by atoms with van der Waals surface area (Å²) in [6.07, 6.45) is 8.08. The molecule has 276 valence electrons. The number of hydrogen-bond donors (Lipinski definition) is 3. The first kappa shape index (κ1) is 35.2. The zero-order valence-electron chi connectivity index (χ0n) is 28.5.